The monoisotopic (exact) mass is 572 g/mol. The molecule has 2 bridgehead atoms. The Balaban J connectivity index is 1.22. The number of ether oxygens (including phenoxy) is 3. The van der Waals surface area contributed by atoms with Gasteiger partial charge in [-0.2, -0.15) is 4.39 Å². The minimum Gasteiger partial charge on any atom is -0.490 e. The standard InChI is InChI=1S/C28H31F3N6O4/c1-28(2,3)41-27(38)37-11-16-8-17(37)10-36(16)26-18(29)9-20-24(35-26)25(33-14-32-20)34-19-4-5-21(23(31)22(19)30)40-13-15-6-7-39-12-15/h4-5,9,14-17H,6-8,10-13H2,1-3H3,(H,32,33,34)/t15-,16-,17-/m0/s1. The zero-order valence-corrected chi connectivity index (χ0v) is 23.0. The van der Waals surface area contributed by atoms with Crippen LogP contribution >= 0.6 is 0 Å². The summed E-state index contributed by atoms with van der Waals surface area (Å²) in [6.45, 7) is 7.57. The first-order valence-electron chi connectivity index (χ1n) is 13.6. The van der Waals surface area contributed by atoms with Crippen molar-refractivity contribution in [3.63, 3.8) is 0 Å². The van der Waals surface area contributed by atoms with Gasteiger partial charge in [0.05, 0.1) is 36.5 Å². The third kappa shape index (κ3) is 5.42. The third-order valence-corrected chi connectivity index (χ3v) is 7.48. The lowest BCUT2D eigenvalue weighted by molar-refractivity contribution is 0.0214. The number of hydrogen-bond acceptors (Lipinski definition) is 9. The third-order valence-electron chi connectivity index (χ3n) is 7.48. The van der Waals surface area contributed by atoms with Gasteiger partial charge in [0.1, 0.15) is 17.4 Å². The predicted octanol–water partition coefficient (Wildman–Crippen LogP) is 4.80. The van der Waals surface area contributed by atoms with Crippen LogP contribution in [-0.2, 0) is 9.47 Å². The van der Waals surface area contributed by atoms with Crippen molar-refractivity contribution in [1.29, 1.82) is 0 Å². The van der Waals surface area contributed by atoms with E-state index in [1.165, 1.54) is 24.5 Å². The van der Waals surface area contributed by atoms with Gasteiger partial charge in [0, 0.05) is 31.7 Å². The summed E-state index contributed by atoms with van der Waals surface area (Å²) in [7, 11) is 0. The molecule has 13 heteroatoms. The molecule has 3 aliphatic heterocycles. The number of amides is 1. The van der Waals surface area contributed by atoms with E-state index in [0.717, 1.165) is 6.42 Å². The van der Waals surface area contributed by atoms with Crippen molar-refractivity contribution in [3.05, 3.63) is 42.0 Å². The van der Waals surface area contributed by atoms with Crippen molar-refractivity contribution in [3.8, 4) is 5.75 Å². The average Bonchev–Trinajstić information content (AvgIpc) is 3.68. The van der Waals surface area contributed by atoms with Crippen molar-refractivity contribution >= 4 is 34.4 Å². The second-order valence-corrected chi connectivity index (χ2v) is 11.6. The molecule has 3 fully saturated rings. The number of benzene rings is 1. The summed E-state index contributed by atoms with van der Waals surface area (Å²) in [4.78, 5) is 28.9. The maximum absolute atomic E-state index is 15.3. The van der Waals surface area contributed by atoms with Gasteiger partial charge in [-0.1, -0.05) is 0 Å². The van der Waals surface area contributed by atoms with E-state index in [-0.39, 0.29) is 58.7 Å². The van der Waals surface area contributed by atoms with Gasteiger partial charge >= 0.3 is 6.09 Å². The van der Waals surface area contributed by atoms with Gasteiger partial charge < -0.3 is 29.3 Å². The number of halogens is 3. The highest BCUT2D eigenvalue weighted by Gasteiger charge is 2.47. The number of carbonyl (C=O) groups excluding carboxylic acids is 1. The number of fused-ring (bicyclic) bond motifs is 3. The molecule has 3 atom stereocenters. The summed E-state index contributed by atoms with van der Waals surface area (Å²) in [5.74, 6) is -2.74. The van der Waals surface area contributed by atoms with E-state index in [2.05, 4.69) is 20.3 Å². The van der Waals surface area contributed by atoms with Crippen molar-refractivity contribution in [2.75, 3.05) is 43.1 Å². The molecular weight excluding hydrogens is 541 g/mol. The number of anilines is 3. The van der Waals surface area contributed by atoms with Gasteiger partial charge in [0.25, 0.3) is 0 Å². The number of nitrogens with zero attached hydrogens (tertiary/aromatic N) is 5. The van der Waals surface area contributed by atoms with E-state index >= 15 is 8.78 Å². The van der Waals surface area contributed by atoms with Gasteiger partial charge in [-0.3, -0.25) is 0 Å². The maximum atomic E-state index is 15.3. The molecule has 0 radical (unpaired) electrons. The number of likely N-dealkylation sites (tertiary alicyclic amines) is 1. The Morgan fingerprint density at radius 2 is 1.98 bits per heavy atom. The fraction of sp³-hybridized carbons (Fsp3) is 0.500. The van der Waals surface area contributed by atoms with Gasteiger partial charge in [0.15, 0.2) is 29.0 Å². The first-order chi connectivity index (χ1) is 19.6. The van der Waals surface area contributed by atoms with Crippen molar-refractivity contribution in [2.45, 2.75) is 51.3 Å². The van der Waals surface area contributed by atoms with Crippen LogP contribution < -0.4 is 15.0 Å². The fourth-order valence-electron chi connectivity index (χ4n) is 5.51. The zero-order chi connectivity index (χ0) is 28.9. The van der Waals surface area contributed by atoms with Crippen LogP contribution in [0.15, 0.2) is 24.5 Å². The Bertz CT molecular complexity index is 1480. The first kappa shape index (κ1) is 27.3. The van der Waals surface area contributed by atoms with E-state index in [9.17, 15) is 9.18 Å². The topological polar surface area (TPSA) is 102 Å². The number of carbonyl (C=O) groups is 1. The lowest BCUT2D eigenvalue weighted by atomic mass is 10.1. The summed E-state index contributed by atoms with van der Waals surface area (Å²) in [6, 6.07) is 3.64. The Hall–Kier alpha value is -3.87. The van der Waals surface area contributed by atoms with E-state index in [1.807, 2.05) is 25.7 Å². The average molecular weight is 573 g/mol. The highest BCUT2D eigenvalue weighted by atomic mass is 19.2. The second-order valence-electron chi connectivity index (χ2n) is 11.6. The van der Waals surface area contributed by atoms with Crippen LogP contribution in [0, 0.1) is 23.4 Å². The molecule has 0 spiro atoms. The van der Waals surface area contributed by atoms with E-state index in [0.29, 0.717) is 32.7 Å². The van der Waals surface area contributed by atoms with E-state index in [4.69, 9.17) is 14.2 Å². The van der Waals surface area contributed by atoms with Crippen LogP contribution in [0.3, 0.4) is 0 Å². The SMILES string of the molecule is CC(C)(C)OC(=O)N1C[C@@H]2C[C@H]1CN2c1nc2c(Nc3ccc(OC[C@H]4CCOC4)c(F)c3F)ncnc2cc1F. The highest BCUT2D eigenvalue weighted by Crippen LogP contribution is 2.37. The maximum Gasteiger partial charge on any atom is 0.410 e. The summed E-state index contributed by atoms with van der Waals surface area (Å²) in [6.07, 6.45) is 2.26. The molecule has 41 heavy (non-hydrogen) atoms. The number of rotatable bonds is 6. The molecule has 1 aromatic carbocycles. The largest absolute Gasteiger partial charge is 0.490 e. The Kier molecular flexibility index (Phi) is 7.00. The van der Waals surface area contributed by atoms with Gasteiger partial charge in [-0.15, -0.1) is 0 Å². The van der Waals surface area contributed by atoms with Crippen LogP contribution in [0.2, 0.25) is 0 Å². The highest BCUT2D eigenvalue weighted by molar-refractivity contribution is 5.88. The van der Waals surface area contributed by atoms with Crippen molar-refractivity contribution in [1.82, 2.24) is 19.9 Å². The molecule has 1 amide bonds. The molecule has 0 saturated carbocycles. The lowest BCUT2D eigenvalue weighted by Crippen LogP contribution is -2.50. The molecule has 1 N–H and O–H groups in total. The van der Waals surface area contributed by atoms with Crippen LogP contribution in [0.25, 0.3) is 11.0 Å². The summed E-state index contributed by atoms with van der Waals surface area (Å²) >= 11 is 0. The zero-order valence-electron chi connectivity index (χ0n) is 23.0. The molecule has 6 rings (SSSR count). The summed E-state index contributed by atoms with van der Waals surface area (Å²) in [5, 5.41) is 2.78. The second kappa shape index (κ2) is 10.5. The van der Waals surface area contributed by atoms with Crippen molar-refractivity contribution < 1.29 is 32.2 Å². The van der Waals surface area contributed by atoms with Gasteiger partial charge in [-0.25, -0.2) is 28.5 Å². The molecule has 3 saturated heterocycles. The van der Waals surface area contributed by atoms with Crippen LogP contribution in [-0.4, -0.2) is 76.5 Å². The minimum absolute atomic E-state index is 0.0815. The Morgan fingerprint density at radius 1 is 1.15 bits per heavy atom. The van der Waals surface area contributed by atoms with Crippen LogP contribution in [0.5, 0.6) is 5.75 Å². The van der Waals surface area contributed by atoms with Crippen LogP contribution in [0.4, 0.5) is 35.3 Å². The molecule has 10 nitrogen and oxygen atoms in total. The number of piperazine rings is 1. The first-order valence-corrected chi connectivity index (χ1v) is 13.6. The molecule has 3 aromatic rings. The molecule has 218 valence electrons. The molecule has 0 unspecified atom stereocenters. The quantitative estimate of drug-likeness (QED) is 0.446. The molecule has 5 heterocycles. The van der Waals surface area contributed by atoms with Gasteiger partial charge in [-0.05, 0) is 45.7 Å². The number of nitrogens with one attached hydrogen (secondary N) is 1. The van der Waals surface area contributed by atoms with Crippen molar-refractivity contribution in [2.24, 2.45) is 5.92 Å². The molecule has 0 aliphatic carbocycles. The Labute approximate surface area is 234 Å². The predicted molar refractivity (Wildman–Crippen MR) is 144 cm³/mol. The van der Waals surface area contributed by atoms with E-state index < -0.39 is 29.1 Å². The number of hydrogen-bond donors (Lipinski definition) is 1. The number of aromatic nitrogens is 3. The fourth-order valence-corrected chi connectivity index (χ4v) is 5.51. The molecule has 2 aromatic heterocycles. The Morgan fingerprint density at radius 3 is 2.68 bits per heavy atom. The summed E-state index contributed by atoms with van der Waals surface area (Å²) < 4.78 is 61.4. The molecule has 3 aliphatic rings. The normalized spacial score (nSPS) is 22.0. The van der Waals surface area contributed by atoms with E-state index in [1.54, 1.807) is 4.90 Å². The van der Waals surface area contributed by atoms with Gasteiger partial charge in [0.2, 0.25) is 5.82 Å². The molecular formula is C28H31F3N6O4. The lowest BCUT2D eigenvalue weighted by Gasteiger charge is -2.35. The minimum atomic E-state index is -1.14. The smallest absolute Gasteiger partial charge is 0.410 e. The number of pyridine rings is 1. The summed E-state index contributed by atoms with van der Waals surface area (Å²) in [5.41, 5.74) is -0.408. The van der Waals surface area contributed by atoms with Crippen LogP contribution in [0.1, 0.15) is 33.6 Å².